The second-order valence-corrected chi connectivity index (χ2v) is 8.20. The van der Waals surface area contributed by atoms with Crippen molar-refractivity contribution in [1.29, 1.82) is 0 Å². The standard InChI is InChI=1S/C25H25NO4/c1-16-5-3-4-6-20(16)22-13-24(28)30-23-12-18(7-8-21(22)23)11-17(2)25(29)26-10-9-19(14-26)15-27/h3-8,12-13,15,17,19H,9-11,14H2,1-2H3/t17?,19-/m0/s1. The van der Waals surface area contributed by atoms with Crippen molar-refractivity contribution < 1.29 is 14.0 Å². The van der Waals surface area contributed by atoms with Crippen molar-refractivity contribution >= 4 is 23.2 Å². The first-order valence-electron chi connectivity index (χ1n) is 10.3. The molecule has 30 heavy (non-hydrogen) atoms. The predicted octanol–water partition coefficient (Wildman–Crippen LogP) is 3.99. The van der Waals surface area contributed by atoms with Gasteiger partial charge in [0.1, 0.15) is 11.9 Å². The lowest BCUT2D eigenvalue weighted by Crippen LogP contribution is -2.34. The van der Waals surface area contributed by atoms with Crippen LogP contribution in [0, 0.1) is 18.8 Å². The average Bonchev–Trinajstić information content (AvgIpc) is 3.22. The predicted molar refractivity (Wildman–Crippen MR) is 116 cm³/mol. The molecule has 1 aliphatic rings. The van der Waals surface area contributed by atoms with Gasteiger partial charge >= 0.3 is 5.63 Å². The molecule has 1 aromatic heterocycles. The van der Waals surface area contributed by atoms with Gasteiger partial charge in [-0.05, 0) is 42.5 Å². The number of hydrogen-bond acceptors (Lipinski definition) is 4. The number of carbonyl (C=O) groups excluding carboxylic acids is 2. The minimum atomic E-state index is -0.390. The van der Waals surface area contributed by atoms with Gasteiger partial charge in [-0.2, -0.15) is 0 Å². The lowest BCUT2D eigenvalue weighted by Gasteiger charge is -2.20. The molecule has 0 N–H and O–H groups in total. The number of likely N-dealkylation sites (tertiary alicyclic amines) is 1. The van der Waals surface area contributed by atoms with Crippen LogP contribution in [0.2, 0.25) is 0 Å². The summed E-state index contributed by atoms with van der Waals surface area (Å²) in [5, 5.41) is 0.875. The van der Waals surface area contributed by atoms with Crippen LogP contribution < -0.4 is 5.63 Å². The molecule has 5 heteroatoms. The van der Waals surface area contributed by atoms with E-state index in [0.717, 1.165) is 40.3 Å². The Morgan fingerprint density at radius 2 is 2.00 bits per heavy atom. The number of carbonyl (C=O) groups is 2. The van der Waals surface area contributed by atoms with Crippen molar-refractivity contribution in [3.63, 3.8) is 0 Å². The number of amides is 1. The van der Waals surface area contributed by atoms with E-state index in [0.29, 0.717) is 25.1 Å². The largest absolute Gasteiger partial charge is 0.423 e. The maximum Gasteiger partial charge on any atom is 0.336 e. The Balaban J connectivity index is 1.61. The topological polar surface area (TPSA) is 67.6 Å². The second-order valence-electron chi connectivity index (χ2n) is 8.20. The number of hydrogen-bond donors (Lipinski definition) is 0. The number of aldehydes is 1. The fraction of sp³-hybridized carbons (Fsp3) is 0.320. The molecular weight excluding hydrogens is 378 g/mol. The number of benzene rings is 2. The molecule has 0 aliphatic carbocycles. The molecule has 0 saturated carbocycles. The van der Waals surface area contributed by atoms with E-state index in [1.807, 2.05) is 56.3 Å². The Hall–Kier alpha value is -3.21. The summed E-state index contributed by atoms with van der Waals surface area (Å²) in [6.07, 6.45) is 2.23. The van der Waals surface area contributed by atoms with Crippen LogP contribution >= 0.6 is 0 Å². The Labute approximate surface area is 175 Å². The van der Waals surface area contributed by atoms with Gasteiger partial charge in [0.05, 0.1) is 0 Å². The van der Waals surface area contributed by atoms with Gasteiger partial charge in [0.25, 0.3) is 0 Å². The lowest BCUT2D eigenvalue weighted by molar-refractivity contribution is -0.134. The number of rotatable bonds is 5. The number of aryl methyl sites for hydroxylation is 1. The normalized spacial score (nSPS) is 17.3. The molecule has 0 radical (unpaired) electrons. The maximum atomic E-state index is 12.7. The highest BCUT2D eigenvalue weighted by molar-refractivity contribution is 5.94. The highest BCUT2D eigenvalue weighted by Gasteiger charge is 2.28. The van der Waals surface area contributed by atoms with Gasteiger partial charge < -0.3 is 14.1 Å². The molecule has 1 amide bonds. The zero-order valence-corrected chi connectivity index (χ0v) is 17.3. The number of fused-ring (bicyclic) bond motifs is 1. The van der Waals surface area contributed by atoms with Crippen LogP contribution in [0.3, 0.4) is 0 Å². The lowest BCUT2D eigenvalue weighted by atomic mass is 9.95. The molecule has 5 nitrogen and oxygen atoms in total. The molecule has 0 spiro atoms. The summed E-state index contributed by atoms with van der Waals surface area (Å²) in [6, 6.07) is 15.3. The van der Waals surface area contributed by atoms with Gasteiger partial charge in [0.2, 0.25) is 5.91 Å². The fourth-order valence-corrected chi connectivity index (χ4v) is 4.28. The summed E-state index contributed by atoms with van der Waals surface area (Å²) < 4.78 is 5.49. The summed E-state index contributed by atoms with van der Waals surface area (Å²) in [5.41, 5.74) is 4.03. The van der Waals surface area contributed by atoms with Gasteiger partial charge in [0, 0.05) is 41.9 Å². The molecule has 1 unspecified atom stereocenters. The minimum Gasteiger partial charge on any atom is -0.423 e. The molecule has 4 rings (SSSR count). The van der Waals surface area contributed by atoms with Crippen molar-refractivity contribution in [2.24, 2.45) is 11.8 Å². The minimum absolute atomic E-state index is 0.0454. The van der Waals surface area contributed by atoms with Crippen LogP contribution in [0.25, 0.3) is 22.1 Å². The van der Waals surface area contributed by atoms with E-state index in [1.54, 1.807) is 4.90 Å². The molecule has 1 fully saturated rings. The first-order valence-corrected chi connectivity index (χ1v) is 10.3. The highest BCUT2D eigenvalue weighted by Crippen LogP contribution is 2.30. The Morgan fingerprint density at radius 3 is 2.73 bits per heavy atom. The van der Waals surface area contributed by atoms with E-state index in [4.69, 9.17) is 4.42 Å². The van der Waals surface area contributed by atoms with Gasteiger partial charge in [-0.25, -0.2) is 4.79 Å². The molecule has 1 saturated heterocycles. The van der Waals surface area contributed by atoms with Crippen molar-refractivity contribution in [2.45, 2.75) is 26.7 Å². The van der Waals surface area contributed by atoms with E-state index < -0.39 is 0 Å². The Kier molecular flexibility index (Phi) is 5.53. The quantitative estimate of drug-likeness (QED) is 0.477. The van der Waals surface area contributed by atoms with Crippen LogP contribution in [0.15, 0.2) is 57.7 Å². The van der Waals surface area contributed by atoms with E-state index in [2.05, 4.69) is 0 Å². The van der Waals surface area contributed by atoms with Gasteiger partial charge in [0.15, 0.2) is 0 Å². The third-order valence-electron chi connectivity index (χ3n) is 5.94. The van der Waals surface area contributed by atoms with E-state index in [1.165, 1.54) is 6.07 Å². The molecular formula is C25H25NO4. The SMILES string of the molecule is Cc1ccccc1-c1cc(=O)oc2cc(CC(C)C(=O)N3CC[C@H](C=O)C3)ccc12. The van der Waals surface area contributed by atoms with E-state index in [-0.39, 0.29) is 23.4 Å². The summed E-state index contributed by atoms with van der Waals surface area (Å²) >= 11 is 0. The molecule has 154 valence electrons. The Morgan fingerprint density at radius 1 is 1.20 bits per heavy atom. The monoisotopic (exact) mass is 403 g/mol. The molecule has 2 aromatic carbocycles. The average molecular weight is 403 g/mol. The highest BCUT2D eigenvalue weighted by atomic mass is 16.4. The Bertz CT molecular complexity index is 1160. The molecule has 2 atom stereocenters. The van der Waals surface area contributed by atoms with E-state index in [9.17, 15) is 14.4 Å². The fourth-order valence-electron chi connectivity index (χ4n) is 4.28. The van der Waals surface area contributed by atoms with E-state index >= 15 is 0 Å². The van der Waals surface area contributed by atoms with Crippen molar-refractivity contribution in [2.75, 3.05) is 13.1 Å². The van der Waals surface area contributed by atoms with Crippen LogP contribution in [0.1, 0.15) is 24.5 Å². The first kappa shape index (κ1) is 20.1. The van der Waals surface area contributed by atoms with Crippen molar-refractivity contribution in [3.8, 4) is 11.1 Å². The summed E-state index contributed by atoms with van der Waals surface area (Å²) in [4.78, 5) is 37.7. The molecule has 1 aliphatic heterocycles. The summed E-state index contributed by atoms with van der Waals surface area (Å²) in [5.74, 6) is -0.190. The van der Waals surface area contributed by atoms with Gasteiger partial charge in [-0.15, -0.1) is 0 Å². The third kappa shape index (κ3) is 3.92. The second kappa shape index (κ2) is 8.27. The zero-order valence-electron chi connectivity index (χ0n) is 17.3. The van der Waals surface area contributed by atoms with Crippen molar-refractivity contribution in [1.82, 2.24) is 4.90 Å². The molecule has 3 aromatic rings. The molecule has 0 bridgehead atoms. The number of nitrogens with zero attached hydrogens (tertiary/aromatic N) is 1. The van der Waals surface area contributed by atoms with Crippen LogP contribution in [0.4, 0.5) is 0 Å². The zero-order chi connectivity index (χ0) is 21.3. The van der Waals surface area contributed by atoms with Crippen LogP contribution in [-0.4, -0.2) is 30.2 Å². The first-order chi connectivity index (χ1) is 14.5. The molecule has 2 heterocycles. The van der Waals surface area contributed by atoms with Crippen LogP contribution in [-0.2, 0) is 16.0 Å². The summed E-state index contributed by atoms with van der Waals surface area (Å²) in [6.45, 7) is 5.07. The van der Waals surface area contributed by atoms with Gasteiger partial charge in [-0.3, -0.25) is 4.79 Å². The maximum absolute atomic E-state index is 12.7. The van der Waals surface area contributed by atoms with Crippen LogP contribution in [0.5, 0.6) is 0 Å². The van der Waals surface area contributed by atoms with Crippen molar-refractivity contribution in [3.05, 3.63) is 70.1 Å². The third-order valence-corrected chi connectivity index (χ3v) is 5.94. The van der Waals surface area contributed by atoms with Gasteiger partial charge in [-0.1, -0.05) is 43.3 Å². The smallest absolute Gasteiger partial charge is 0.336 e. The summed E-state index contributed by atoms with van der Waals surface area (Å²) in [7, 11) is 0.